The highest BCUT2D eigenvalue weighted by Gasteiger charge is 2.23. The van der Waals surface area contributed by atoms with E-state index in [0.717, 1.165) is 21.9 Å². The maximum absolute atomic E-state index is 12.7. The fraction of sp³-hybridized carbons (Fsp3) is 0.294. The Kier molecular flexibility index (Phi) is 6.42. The highest BCUT2D eigenvalue weighted by atomic mass is 79.9. The van der Waals surface area contributed by atoms with E-state index < -0.39 is 25.8 Å². The van der Waals surface area contributed by atoms with E-state index in [4.69, 9.17) is 0 Å². The summed E-state index contributed by atoms with van der Waals surface area (Å²) in [6.07, 6.45) is 1.06. The van der Waals surface area contributed by atoms with Crippen molar-refractivity contribution < 1.29 is 16.8 Å². The molecule has 0 heterocycles. The number of hydrogen-bond donors (Lipinski definition) is 1. The van der Waals surface area contributed by atoms with Crippen LogP contribution in [0.4, 0.5) is 0 Å². The highest BCUT2D eigenvalue weighted by molar-refractivity contribution is 9.10. The van der Waals surface area contributed by atoms with Crippen LogP contribution < -0.4 is 4.72 Å². The standard InChI is InChI=1S/C17H20BrNO4S2/c1-13-3-9-17(10-4-13)25(22,23)12-15(11-19-24(2,20)21)14-5-7-16(18)8-6-14/h3-10,15,19H,11-12H2,1-2H3. The molecule has 0 fully saturated rings. The molecule has 5 nitrogen and oxygen atoms in total. The molecule has 1 N–H and O–H groups in total. The predicted octanol–water partition coefficient (Wildman–Crippen LogP) is 2.86. The van der Waals surface area contributed by atoms with Crippen molar-refractivity contribution in [2.24, 2.45) is 0 Å². The van der Waals surface area contributed by atoms with Crippen LogP contribution in [0.3, 0.4) is 0 Å². The Morgan fingerprint density at radius 2 is 1.52 bits per heavy atom. The topological polar surface area (TPSA) is 80.3 Å². The Bertz CT molecular complexity index is 922. The van der Waals surface area contributed by atoms with Gasteiger partial charge in [0.25, 0.3) is 0 Å². The molecule has 0 saturated heterocycles. The normalized spacial score (nSPS) is 13.6. The summed E-state index contributed by atoms with van der Waals surface area (Å²) in [5.74, 6) is -0.672. The van der Waals surface area contributed by atoms with Crippen LogP contribution in [0.1, 0.15) is 17.0 Å². The van der Waals surface area contributed by atoms with E-state index >= 15 is 0 Å². The van der Waals surface area contributed by atoms with Gasteiger partial charge < -0.3 is 0 Å². The van der Waals surface area contributed by atoms with Gasteiger partial charge in [-0.25, -0.2) is 21.6 Å². The van der Waals surface area contributed by atoms with Gasteiger partial charge in [-0.3, -0.25) is 0 Å². The number of halogens is 1. The molecule has 2 rings (SSSR count). The molecule has 0 radical (unpaired) electrons. The van der Waals surface area contributed by atoms with Crippen molar-refractivity contribution in [3.8, 4) is 0 Å². The molecule has 0 saturated carbocycles. The SMILES string of the molecule is Cc1ccc(S(=O)(=O)CC(CNS(C)(=O)=O)c2ccc(Br)cc2)cc1. The van der Waals surface area contributed by atoms with Crippen molar-refractivity contribution in [1.29, 1.82) is 0 Å². The average molecular weight is 446 g/mol. The summed E-state index contributed by atoms with van der Waals surface area (Å²) in [5, 5.41) is 0. The Morgan fingerprint density at radius 1 is 0.960 bits per heavy atom. The molecule has 0 aliphatic rings. The Labute approximate surface area is 157 Å². The fourth-order valence-corrected chi connectivity index (χ4v) is 4.72. The van der Waals surface area contributed by atoms with Crippen LogP contribution in [0.25, 0.3) is 0 Å². The second kappa shape index (κ2) is 7.99. The van der Waals surface area contributed by atoms with E-state index in [1.165, 1.54) is 0 Å². The third-order valence-corrected chi connectivity index (χ3v) is 6.79. The third kappa shape index (κ3) is 6.22. The molecule has 0 bridgehead atoms. The molecule has 2 aromatic carbocycles. The van der Waals surface area contributed by atoms with E-state index in [0.29, 0.717) is 0 Å². The Balaban J connectivity index is 2.31. The van der Waals surface area contributed by atoms with Crippen LogP contribution in [-0.4, -0.2) is 35.4 Å². The third-order valence-electron chi connectivity index (χ3n) is 3.73. The molecule has 0 spiro atoms. The van der Waals surface area contributed by atoms with Crippen molar-refractivity contribution in [3.05, 3.63) is 64.1 Å². The number of sulfone groups is 1. The first-order valence-corrected chi connectivity index (χ1v) is 11.9. The predicted molar refractivity (Wildman–Crippen MR) is 103 cm³/mol. The number of aryl methyl sites for hydroxylation is 1. The lowest BCUT2D eigenvalue weighted by Crippen LogP contribution is -2.30. The lowest BCUT2D eigenvalue weighted by molar-refractivity contribution is 0.570. The van der Waals surface area contributed by atoms with E-state index in [1.807, 2.05) is 6.92 Å². The first-order valence-electron chi connectivity index (χ1n) is 7.56. The van der Waals surface area contributed by atoms with Crippen LogP contribution in [0.5, 0.6) is 0 Å². The first-order chi connectivity index (χ1) is 11.6. The summed E-state index contributed by atoms with van der Waals surface area (Å²) in [6, 6.07) is 13.8. The molecule has 1 atom stereocenters. The molecular weight excluding hydrogens is 426 g/mol. The van der Waals surface area contributed by atoms with Gasteiger partial charge in [-0.15, -0.1) is 0 Å². The highest BCUT2D eigenvalue weighted by Crippen LogP contribution is 2.23. The molecule has 0 aliphatic heterocycles. The van der Waals surface area contributed by atoms with Crippen LogP contribution >= 0.6 is 15.9 Å². The summed E-state index contributed by atoms with van der Waals surface area (Å²) in [5.41, 5.74) is 1.73. The zero-order valence-corrected chi connectivity index (χ0v) is 17.2. The van der Waals surface area contributed by atoms with Gasteiger partial charge in [0.2, 0.25) is 10.0 Å². The molecule has 136 valence electrons. The van der Waals surface area contributed by atoms with Gasteiger partial charge in [-0.2, -0.15) is 0 Å². The van der Waals surface area contributed by atoms with E-state index in [-0.39, 0.29) is 17.2 Å². The first kappa shape index (κ1) is 20.1. The zero-order valence-electron chi connectivity index (χ0n) is 13.9. The van der Waals surface area contributed by atoms with Crippen molar-refractivity contribution in [2.45, 2.75) is 17.7 Å². The Hall–Kier alpha value is -1.22. The number of sulfonamides is 1. The van der Waals surface area contributed by atoms with Crippen molar-refractivity contribution >= 4 is 35.8 Å². The largest absolute Gasteiger partial charge is 0.224 e. The molecule has 0 aliphatic carbocycles. The maximum atomic E-state index is 12.7. The van der Waals surface area contributed by atoms with Gasteiger partial charge in [0.1, 0.15) is 0 Å². The number of rotatable bonds is 7. The van der Waals surface area contributed by atoms with Crippen LogP contribution in [0.2, 0.25) is 0 Å². The van der Waals surface area contributed by atoms with Crippen molar-refractivity contribution in [1.82, 2.24) is 4.72 Å². The molecule has 25 heavy (non-hydrogen) atoms. The maximum Gasteiger partial charge on any atom is 0.208 e. The minimum absolute atomic E-state index is 0.0194. The number of benzene rings is 2. The minimum atomic E-state index is -3.55. The molecular formula is C17H20BrNO4S2. The van der Waals surface area contributed by atoms with Gasteiger partial charge in [-0.1, -0.05) is 45.8 Å². The lowest BCUT2D eigenvalue weighted by Gasteiger charge is -2.18. The van der Waals surface area contributed by atoms with Crippen molar-refractivity contribution in [3.63, 3.8) is 0 Å². The summed E-state index contributed by atoms with van der Waals surface area (Å²) in [7, 11) is -6.96. The van der Waals surface area contributed by atoms with E-state index in [2.05, 4.69) is 20.7 Å². The van der Waals surface area contributed by atoms with Gasteiger partial charge in [0.15, 0.2) is 9.84 Å². The lowest BCUT2D eigenvalue weighted by atomic mass is 10.0. The molecule has 8 heteroatoms. The second-order valence-electron chi connectivity index (χ2n) is 5.96. The Morgan fingerprint density at radius 3 is 2.04 bits per heavy atom. The number of hydrogen-bond acceptors (Lipinski definition) is 4. The van der Waals surface area contributed by atoms with E-state index in [1.54, 1.807) is 48.5 Å². The van der Waals surface area contributed by atoms with Gasteiger partial charge in [-0.05, 0) is 36.8 Å². The van der Waals surface area contributed by atoms with E-state index in [9.17, 15) is 16.8 Å². The van der Waals surface area contributed by atoms with Gasteiger partial charge >= 0.3 is 0 Å². The molecule has 0 amide bonds. The second-order valence-corrected chi connectivity index (χ2v) is 10.7. The summed E-state index contributed by atoms with van der Waals surface area (Å²) < 4.78 is 51.6. The molecule has 0 aromatic heterocycles. The van der Waals surface area contributed by atoms with Crippen molar-refractivity contribution in [2.75, 3.05) is 18.6 Å². The summed E-state index contributed by atoms with van der Waals surface area (Å²) >= 11 is 3.34. The van der Waals surface area contributed by atoms with Crippen LogP contribution in [0.15, 0.2) is 57.9 Å². The number of nitrogens with one attached hydrogen (secondary N) is 1. The summed E-state index contributed by atoms with van der Waals surface area (Å²) in [6.45, 7) is 1.91. The monoisotopic (exact) mass is 445 g/mol. The zero-order chi connectivity index (χ0) is 18.7. The smallest absolute Gasteiger partial charge is 0.208 e. The van der Waals surface area contributed by atoms with Gasteiger partial charge in [0, 0.05) is 16.9 Å². The average Bonchev–Trinajstić information content (AvgIpc) is 2.52. The quantitative estimate of drug-likeness (QED) is 0.710. The minimum Gasteiger partial charge on any atom is -0.224 e. The van der Waals surface area contributed by atoms with Gasteiger partial charge in [0.05, 0.1) is 16.9 Å². The fourth-order valence-electron chi connectivity index (χ4n) is 2.37. The molecule has 2 aromatic rings. The van der Waals surface area contributed by atoms with Crippen LogP contribution in [-0.2, 0) is 19.9 Å². The summed E-state index contributed by atoms with van der Waals surface area (Å²) in [4.78, 5) is 0.236. The van der Waals surface area contributed by atoms with Crippen LogP contribution in [0, 0.1) is 6.92 Å². The molecule has 1 unspecified atom stereocenters.